The average Bonchev–Trinajstić information content (AvgIpc) is 2.48. The van der Waals surface area contributed by atoms with Gasteiger partial charge in [0, 0.05) is 6.42 Å². The minimum absolute atomic E-state index is 0.125. The van der Waals surface area contributed by atoms with Gasteiger partial charge in [-0.1, -0.05) is 18.7 Å². The third kappa shape index (κ3) is 3.38. The van der Waals surface area contributed by atoms with Crippen LogP contribution in [-0.4, -0.2) is 31.3 Å². The van der Waals surface area contributed by atoms with Crippen LogP contribution < -0.4 is 4.74 Å². The fraction of sp³-hybridized carbons (Fsp3) is 0.444. The zero-order valence-corrected chi connectivity index (χ0v) is 14.0. The lowest BCUT2D eigenvalue weighted by Crippen LogP contribution is -2.51. The van der Waals surface area contributed by atoms with Crippen LogP contribution in [0.15, 0.2) is 36.4 Å². The Balaban J connectivity index is 2.51. The van der Waals surface area contributed by atoms with E-state index in [-0.39, 0.29) is 13.0 Å². The summed E-state index contributed by atoms with van der Waals surface area (Å²) in [5, 5.41) is 0. The standard InChI is InChI=1S/C18H22O5/c1-12-10-18(15(19)22-11-12,16(20)23-17(2,3)4)13-6-8-14(21-5)9-7-13/h6-9H,1,10-11H2,2-5H3. The second kappa shape index (κ2) is 6.07. The molecule has 0 N–H and O–H groups in total. The normalized spacial score (nSPS) is 21.6. The molecule has 0 radical (unpaired) electrons. The highest BCUT2D eigenvalue weighted by Gasteiger charge is 2.53. The second-order valence-corrected chi connectivity index (χ2v) is 6.64. The molecule has 0 aromatic heterocycles. The number of hydrogen-bond acceptors (Lipinski definition) is 5. The van der Waals surface area contributed by atoms with Crippen molar-refractivity contribution in [3.8, 4) is 5.75 Å². The van der Waals surface area contributed by atoms with Crippen LogP contribution in [0.3, 0.4) is 0 Å². The van der Waals surface area contributed by atoms with Crippen LogP contribution in [0.5, 0.6) is 5.75 Å². The number of carbonyl (C=O) groups is 2. The van der Waals surface area contributed by atoms with Crippen LogP contribution in [0.4, 0.5) is 0 Å². The molecule has 5 heteroatoms. The van der Waals surface area contributed by atoms with Gasteiger partial charge in [-0.05, 0) is 44.0 Å². The van der Waals surface area contributed by atoms with Crippen molar-refractivity contribution in [3.63, 3.8) is 0 Å². The van der Waals surface area contributed by atoms with Crippen molar-refractivity contribution in [1.82, 2.24) is 0 Å². The Hall–Kier alpha value is -2.30. The largest absolute Gasteiger partial charge is 0.497 e. The zero-order chi connectivity index (χ0) is 17.3. The SMILES string of the molecule is C=C1COC(=O)C(C(=O)OC(C)(C)C)(c2ccc(OC)cc2)C1. The number of hydrogen-bond donors (Lipinski definition) is 0. The summed E-state index contributed by atoms with van der Waals surface area (Å²) >= 11 is 0. The van der Waals surface area contributed by atoms with Crippen molar-refractivity contribution in [2.24, 2.45) is 0 Å². The summed E-state index contributed by atoms with van der Waals surface area (Å²) in [5.41, 5.74) is -1.05. The van der Waals surface area contributed by atoms with Gasteiger partial charge in [0.25, 0.3) is 0 Å². The Bertz CT molecular complexity index is 624. The van der Waals surface area contributed by atoms with Crippen molar-refractivity contribution in [2.75, 3.05) is 13.7 Å². The monoisotopic (exact) mass is 318 g/mol. The molecule has 0 spiro atoms. The third-order valence-corrected chi connectivity index (χ3v) is 3.60. The zero-order valence-electron chi connectivity index (χ0n) is 14.0. The van der Waals surface area contributed by atoms with E-state index in [0.29, 0.717) is 16.9 Å². The summed E-state index contributed by atoms with van der Waals surface area (Å²) in [5.74, 6) is -0.596. The summed E-state index contributed by atoms with van der Waals surface area (Å²) in [6.45, 7) is 9.28. The van der Waals surface area contributed by atoms with Gasteiger partial charge in [-0.15, -0.1) is 0 Å². The van der Waals surface area contributed by atoms with Gasteiger partial charge in [-0.25, -0.2) is 0 Å². The molecule has 124 valence electrons. The third-order valence-electron chi connectivity index (χ3n) is 3.60. The molecule has 1 unspecified atom stereocenters. The highest BCUT2D eigenvalue weighted by molar-refractivity contribution is 6.07. The van der Waals surface area contributed by atoms with Gasteiger partial charge in [-0.2, -0.15) is 0 Å². The van der Waals surface area contributed by atoms with E-state index in [4.69, 9.17) is 14.2 Å². The van der Waals surface area contributed by atoms with E-state index in [1.54, 1.807) is 52.1 Å². The Morgan fingerprint density at radius 2 is 1.87 bits per heavy atom. The molecule has 0 bridgehead atoms. The van der Waals surface area contributed by atoms with E-state index in [2.05, 4.69) is 6.58 Å². The molecule has 1 aliphatic heterocycles. The van der Waals surface area contributed by atoms with E-state index in [0.717, 1.165) is 0 Å². The number of esters is 2. The number of cyclic esters (lactones) is 1. The van der Waals surface area contributed by atoms with E-state index >= 15 is 0 Å². The lowest BCUT2D eigenvalue weighted by Gasteiger charge is -2.36. The maximum atomic E-state index is 12.9. The Morgan fingerprint density at radius 3 is 2.39 bits per heavy atom. The number of methoxy groups -OCH3 is 1. The molecular formula is C18H22O5. The molecule has 1 aromatic carbocycles. The van der Waals surface area contributed by atoms with Gasteiger partial charge >= 0.3 is 11.9 Å². The quantitative estimate of drug-likeness (QED) is 0.487. The molecule has 23 heavy (non-hydrogen) atoms. The summed E-state index contributed by atoms with van der Waals surface area (Å²) in [7, 11) is 1.55. The van der Waals surface area contributed by atoms with Gasteiger partial charge in [0.05, 0.1) is 7.11 Å². The maximum absolute atomic E-state index is 12.9. The summed E-state index contributed by atoms with van der Waals surface area (Å²) in [6.07, 6.45) is 0.174. The summed E-state index contributed by atoms with van der Waals surface area (Å²) in [6, 6.07) is 6.77. The van der Waals surface area contributed by atoms with Crippen molar-refractivity contribution in [1.29, 1.82) is 0 Å². The van der Waals surface area contributed by atoms with Crippen molar-refractivity contribution >= 4 is 11.9 Å². The Morgan fingerprint density at radius 1 is 1.26 bits per heavy atom. The van der Waals surface area contributed by atoms with Crippen LogP contribution in [0, 0.1) is 0 Å². The minimum atomic E-state index is -1.52. The van der Waals surface area contributed by atoms with Gasteiger partial charge in [0.1, 0.15) is 18.0 Å². The molecule has 1 aliphatic rings. The van der Waals surface area contributed by atoms with Crippen LogP contribution >= 0.6 is 0 Å². The van der Waals surface area contributed by atoms with Gasteiger partial charge in [-0.3, -0.25) is 9.59 Å². The second-order valence-electron chi connectivity index (χ2n) is 6.64. The first kappa shape index (κ1) is 17.1. The van der Waals surface area contributed by atoms with E-state index in [1.165, 1.54) is 0 Å². The molecule has 1 heterocycles. The lowest BCUT2D eigenvalue weighted by atomic mass is 9.74. The van der Waals surface area contributed by atoms with Gasteiger partial charge in [0.2, 0.25) is 0 Å². The number of rotatable bonds is 3. The molecule has 1 aromatic rings. The fourth-order valence-corrected chi connectivity index (χ4v) is 2.52. The minimum Gasteiger partial charge on any atom is -0.497 e. The molecule has 1 atom stereocenters. The van der Waals surface area contributed by atoms with E-state index in [1.807, 2.05) is 0 Å². The molecule has 0 saturated carbocycles. The Labute approximate surface area is 136 Å². The van der Waals surface area contributed by atoms with Crippen LogP contribution in [-0.2, 0) is 24.5 Å². The van der Waals surface area contributed by atoms with Gasteiger partial charge < -0.3 is 14.2 Å². The Kier molecular flexibility index (Phi) is 4.50. The molecule has 2 rings (SSSR count). The first-order valence-corrected chi connectivity index (χ1v) is 7.41. The van der Waals surface area contributed by atoms with Crippen LogP contribution in [0.25, 0.3) is 0 Å². The molecule has 5 nitrogen and oxygen atoms in total. The van der Waals surface area contributed by atoms with E-state index in [9.17, 15) is 9.59 Å². The number of benzene rings is 1. The number of carbonyl (C=O) groups excluding carboxylic acids is 2. The molecular weight excluding hydrogens is 296 g/mol. The molecule has 0 aliphatic carbocycles. The highest BCUT2D eigenvalue weighted by Crippen LogP contribution is 2.39. The first-order valence-electron chi connectivity index (χ1n) is 7.41. The molecule has 0 amide bonds. The lowest BCUT2D eigenvalue weighted by molar-refractivity contribution is -0.174. The predicted octanol–water partition coefficient (Wildman–Crippen LogP) is 2.78. The first-order chi connectivity index (χ1) is 10.7. The van der Waals surface area contributed by atoms with Crippen molar-refractivity contribution in [2.45, 2.75) is 38.2 Å². The summed E-state index contributed by atoms with van der Waals surface area (Å²) in [4.78, 5) is 25.4. The van der Waals surface area contributed by atoms with Gasteiger partial charge in [0.15, 0.2) is 5.41 Å². The fourth-order valence-electron chi connectivity index (χ4n) is 2.52. The van der Waals surface area contributed by atoms with Crippen LogP contribution in [0.2, 0.25) is 0 Å². The average molecular weight is 318 g/mol. The van der Waals surface area contributed by atoms with E-state index < -0.39 is 23.0 Å². The highest BCUT2D eigenvalue weighted by atomic mass is 16.6. The van der Waals surface area contributed by atoms with Crippen molar-refractivity contribution < 1.29 is 23.8 Å². The predicted molar refractivity (Wildman–Crippen MR) is 85.2 cm³/mol. The smallest absolute Gasteiger partial charge is 0.328 e. The van der Waals surface area contributed by atoms with Crippen molar-refractivity contribution in [3.05, 3.63) is 42.0 Å². The number of ether oxygens (including phenoxy) is 3. The summed E-state index contributed by atoms with van der Waals surface area (Å²) < 4.78 is 15.8. The van der Waals surface area contributed by atoms with Crippen LogP contribution in [0.1, 0.15) is 32.8 Å². The molecule has 1 saturated heterocycles. The molecule has 1 fully saturated rings. The topological polar surface area (TPSA) is 61.8 Å². The maximum Gasteiger partial charge on any atom is 0.328 e.